The lowest BCUT2D eigenvalue weighted by atomic mass is 9.88. The second-order valence-corrected chi connectivity index (χ2v) is 10.2. The molecule has 0 saturated heterocycles. The first-order chi connectivity index (χ1) is 14.3. The maximum Gasteiger partial charge on any atom is 0.276 e. The molecule has 1 N–H and O–H groups in total. The van der Waals surface area contributed by atoms with Gasteiger partial charge in [-0.15, -0.1) is 0 Å². The summed E-state index contributed by atoms with van der Waals surface area (Å²) in [6.07, 6.45) is 1.68. The number of pyridine rings is 1. The molecule has 5 nitrogen and oxygen atoms in total. The minimum Gasteiger partial charge on any atom is -0.240 e. The number of hydrogen-bond acceptors (Lipinski definition) is 4. The van der Waals surface area contributed by atoms with Gasteiger partial charge in [-0.05, 0) is 77.7 Å². The van der Waals surface area contributed by atoms with Gasteiger partial charge in [0.2, 0.25) is 0 Å². The molecule has 0 amide bonds. The maximum absolute atomic E-state index is 12.8. The smallest absolute Gasteiger partial charge is 0.240 e. The summed E-state index contributed by atoms with van der Waals surface area (Å²) in [5.41, 5.74) is 2.80. The number of halogens is 2. The van der Waals surface area contributed by atoms with Gasteiger partial charge in [-0.1, -0.05) is 47.5 Å². The van der Waals surface area contributed by atoms with Gasteiger partial charge in [0.05, 0.1) is 16.3 Å². The van der Waals surface area contributed by atoms with E-state index in [2.05, 4.69) is 30.8 Å². The average Bonchev–Trinajstić information content (AvgIpc) is 3.51. The second-order valence-electron chi connectivity index (χ2n) is 7.30. The predicted molar refractivity (Wildman–Crippen MR) is 122 cm³/mol. The SMILES string of the molecule is Cc1ccc(S(=O)(=O)NN=C(c2cccc(Br)n2)C2(c3ccc(Cl)cc3)CC2)cc1. The molecule has 1 fully saturated rings. The van der Waals surface area contributed by atoms with Crippen LogP contribution in [-0.4, -0.2) is 19.1 Å². The predicted octanol–water partition coefficient (Wildman–Crippen LogP) is 5.22. The Balaban J connectivity index is 1.76. The van der Waals surface area contributed by atoms with Crippen molar-refractivity contribution in [1.29, 1.82) is 0 Å². The minimum absolute atomic E-state index is 0.162. The lowest BCUT2D eigenvalue weighted by Crippen LogP contribution is -2.28. The summed E-state index contributed by atoms with van der Waals surface area (Å²) in [4.78, 5) is 7.11. The highest BCUT2D eigenvalue weighted by Crippen LogP contribution is 2.51. The van der Waals surface area contributed by atoms with E-state index in [9.17, 15) is 8.42 Å². The molecule has 0 aliphatic heterocycles. The molecule has 8 heteroatoms. The van der Waals surface area contributed by atoms with E-state index in [1.807, 2.05) is 49.4 Å². The zero-order valence-corrected chi connectivity index (χ0v) is 19.3. The zero-order valence-electron chi connectivity index (χ0n) is 16.1. The van der Waals surface area contributed by atoms with E-state index in [1.54, 1.807) is 24.3 Å². The van der Waals surface area contributed by atoms with Crippen molar-refractivity contribution < 1.29 is 8.42 Å². The molecule has 0 spiro atoms. The molecule has 1 aliphatic carbocycles. The average molecular weight is 505 g/mol. The third-order valence-corrected chi connectivity index (χ3v) is 7.08. The molecule has 1 aromatic heterocycles. The number of nitrogens with one attached hydrogen (secondary N) is 1. The van der Waals surface area contributed by atoms with Crippen molar-refractivity contribution in [3.8, 4) is 0 Å². The van der Waals surface area contributed by atoms with Crippen LogP contribution in [0.4, 0.5) is 0 Å². The monoisotopic (exact) mass is 503 g/mol. The normalized spacial score (nSPS) is 15.6. The van der Waals surface area contributed by atoms with Crippen LogP contribution in [-0.2, 0) is 15.4 Å². The number of aryl methyl sites for hydroxylation is 1. The number of aromatic nitrogens is 1. The molecule has 4 rings (SSSR count). The first kappa shape index (κ1) is 21.0. The summed E-state index contributed by atoms with van der Waals surface area (Å²) in [6.45, 7) is 1.90. The summed E-state index contributed by atoms with van der Waals surface area (Å²) >= 11 is 9.45. The van der Waals surface area contributed by atoms with Crippen molar-refractivity contribution in [2.75, 3.05) is 0 Å². The van der Waals surface area contributed by atoms with Crippen molar-refractivity contribution in [2.45, 2.75) is 30.1 Å². The van der Waals surface area contributed by atoms with Crippen molar-refractivity contribution >= 4 is 43.3 Å². The Morgan fingerprint density at radius 3 is 2.33 bits per heavy atom. The van der Waals surface area contributed by atoms with Crippen LogP contribution in [0.15, 0.2) is 81.3 Å². The molecule has 0 radical (unpaired) electrons. The molecule has 30 heavy (non-hydrogen) atoms. The topological polar surface area (TPSA) is 71.4 Å². The lowest BCUT2D eigenvalue weighted by molar-refractivity contribution is 0.584. The number of nitrogens with zero attached hydrogens (tertiary/aromatic N) is 2. The van der Waals surface area contributed by atoms with Crippen LogP contribution in [0.25, 0.3) is 0 Å². The zero-order chi connectivity index (χ0) is 21.4. The molecular weight excluding hydrogens is 486 g/mol. The van der Waals surface area contributed by atoms with Crippen LogP contribution >= 0.6 is 27.5 Å². The van der Waals surface area contributed by atoms with E-state index in [-0.39, 0.29) is 4.90 Å². The number of hydrogen-bond donors (Lipinski definition) is 1. The van der Waals surface area contributed by atoms with E-state index in [0.717, 1.165) is 24.0 Å². The summed E-state index contributed by atoms with van der Waals surface area (Å²) in [5, 5.41) is 5.05. The van der Waals surface area contributed by atoms with Gasteiger partial charge in [0, 0.05) is 10.4 Å². The summed E-state index contributed by atoms with van der Waals surface area (Å²) in [7, 11) is -3.81. The second kappa shape index (κ2) is 8.13. The Bertz CT molecular complexity index is 1210. The molecule has 1 aliphatic rings. The van der Waals surface area contributed by atoms with Gasteiger partial charge in [0.15, 0.2) is 0 Å². The molecule has 0 unspecified atom stereocenters. The largest absolute Gasteiger partial charge is 0.276 e. The molecular formula is C22H19BrClN3O2S. The van der Waals surface area contributed by atoms with Crippen LogP contribution in [0.1, 0.15) is 29.7 Å². The Labute approximate surface area is 189 Å². The maximum atomic E-state index is 12.8. The molecule has 3 aromatic rings. The summed E-state index contributed by atoms with van der Waals surface area (Å²) in [5.74, 6) is 0. The van der Waals surface area contributed by atoms with E-state index in [1.165, 1.54) is 0 Å². The molecule has 2 aromatic carbocycles. The van der Waals surface area contributed by atoms with E-state index in [4.69, 9.17) is 11.6 Å². The van der Waals surface area contributed by atoms with E-state index >= 15 is 0 Å². The van der Waals surface area contributed by atoms with Crippen LogP contribution in [0.2, 0.25) is 5.02 Å². The number of benzene rings is 2. The minimum atomic E-state index is -3.81. The van der Waals surface area contributed by atoms with Gasteiger partial charge in [-0.3, -0.25) is 0 Å². The van der Waals surface area contributed by atoms with Crippen molar-refractivity contribution in [1.82, 2.24) is 9.82 Å². The van der Waals surface area contributed by atoms with Crippen LogP contribution in [0, 0.1) is 6.92 Å². The van der Waals surface area contributed by atoms with Crippen molar-refractivity contribution in [3.05, 3.63) is 93.2 Å². The van der Waals surface area contributed by atoms with Gasteiger partial charge >= 0.3 is 0 Å². The van der Waals surface area contributed by atoms with E-state index < -0.39 is 15.4 Å². The van der Waals surface area contributed by atoms with Gasteiger partial charge < -0.3 is 0 Å². The van der Waals surface area contributed by atoms with Crippen LogP contribution in [0.5, 0.6) is 0 Å². The van der Waals surface area contributed by atoms with Crippen molar-refractivity contribution in [3.63, 3.8) is 0 Å². The van der Waals surface area contributed by atoms with Crippen molar-refractivity contribution in [2.24, 2.45) is 5.10 Å². The fourth-order valence-corrected chi connectivity index (χ4v) is 4.66. The fourth-order valence-electron chi connectivity index (χ4n) is 3.38. The first-order valence-corrected chi connectivity index (χ1v) is 12.0. The number of sulfonamides is 1. The highest BCUT2D eigenvalue weighted by atomic mass is 79.9. The van der Waals surface area contributed by atoms with Gasteiger partial charge in [-0.2, -0.15) is 18.4 Å². The standard InChI is InChI=1S/C22H19BrClN3O2S/c1-15-5-11-18(12-6-15)30(28,29)27-26-21(19-3-2-4-20(23)25-19)22(13-14-22)16-7-9-17(24)10-8-16/h2-12,27H,13-14H2,1H3. The Morgan fingerprint density at radius 2 is 1.73 bits per heavy atom. The van der Waals surface area contributed by atoms with Crippen LogP contribution < -0.4 is 4.83 Å². The first-order valence-electron chi connectivity index (χ1n) is 9.36. The van der Waals surface area contributed by atoms with Gasteiger partial charge in [0.1, 0.15) is 4.60 Å². The van der Waals surface area contributed by atoms with Crippen LogP contribution in [0.3, 0.4) is 0 Å². The third kappa shape index (κ3) is 4.29. The molecule has 154 valence electrons. The van der Waals surface area contributed by atoms with E-state index in [0.29, 0.717) is 21.0 Å². The number of rotatable bonds is 6. The third-order valence-electron chi connectivity index (χ3n) is 5.17. The lowest BCUT2D eigenvalue weighted by Gasteiger charge is -2.19. The Morgan fingerprint density at radius 1 is 1.07 bits per heavy atom. The summed E-state index contributed by atoms with van der Waals surface area (Å²) in [6, 6.07) is 19.7. The van der Waals surface area contributed by atoms with Gasteiger partial charge in [0.25, 0.3) is 10.0 Å². The Hall–Kier alpha value is -2.22. The quantitative estimate of drug-likeness (QED) is 0.284. The summed E-state index contributed by atoms with van der Waals surface area (Å²) < 4.78 is 26.3. The highest BCUT2D eigenvalue weighted by Gasteiger charge is 2.50. The molecule has 1 heterocycles. The van der Waals surface area contributed by atoms with Gasteiger partial charge in [-0.25, -0.2) is 4.98 Å². The molecule has 0 bridgehead atoms. The number of hydrazone groups is 1. The highest BCUT2D eigenvalue weighted by molar-refractivity contribution is 9.10. The fraction of sp³-hybridized carbons (Fsp3) is 0.182. The Kier molecular flexibility index (Phi) is 5.70. The molecule has 0 atom stereocenters. The molecule has 1 saturated carbocycles.